The Morgan fingerprint density at radius 2 is 0.688 bits per heavy atom. The number of phenols is 3. The molecule has 15 heterocycles. The average Bonchev–Trinajstić information content (AvgIpc) is 1.47. The predicted molar refractivity (Wildman–Crippen MR) is 468 cm³/mol. The number of aliphatic hydroxyl groups is 6. The molecule has 9 N–H and O–H groups in total. The Labute approximate surface area is 832 Å². The van der Waals surface area contributed by atoms with Crippen LogP contribution in [0.25, 0.3) is 0 Å². The highest BCUT2D eigenvalue weighted by Crippen LogP contribution is 2.63. The summed E-state index contributed by atoms with van der Waals surface area (Å²) >= 11 is 3.97. The van der Waals surface area contributed by atoms with Gasteiger partial charge in [0.05, 0.1) is 157 Å². The van der Waals surface area contributed by atoms with Crippen molar-refractivity contribution in [3.63, 3.8) is 0 Å². The van der Waals surface area contributed by atoms with Crippen LogP contribution in [0.4, 0.5) is 0 Å². The van der Waals surface area contributed by atoms with Crippen LogP contribution in [0, 0.1) is 35.5 Å². The number of esters is 3. The third-order valence-corrected chi connectivity index (χ3v) is 29.0. The number of thiophene rings is 3. The van der Waals surface area contributed by atoms with E-state index < -0.39 is 309 Å². The minimum absolute atomic E-state index is 0.0180. The summed E-state index contributed by atoms with van der Waals surface area (Å²) in [5.74, 6) is -22.9. The molecule has 12 aliphatic heterocycles. The number of hydrogen-bond acceptors (Lipinski definition) is 42. The third-order valence-electron chi connectivity index (χ3n) is 26.3. The number of carbonyl (C=O) groups excluding carboxylic acids is 3. The fourth-order valence-corrected chi connectivity index (χ4v) is 22.0. The Bertz CT molecular complexity index is 7100. The Kier molecular flexibility index (Phi) is 18.4. The maximum Gasteiger partial charge on any atom is 0.310 e. The first-order valence-corrected chi connectivity index (χ1v) is 45.2. The van der Waals surface area contributed by atoms with Gasteiger partial charge >= 0.3 is 17.9 Å². The fourth-order valence-electron chi connectivity index (χ4n) is 19.9. The van der Waals surface area contributed by atoms with E-state index in [9.17, 15) is 61.7 Å². The second-order valence-corrected chi connectivity index (χ2v) is 36.6. The van der Waals surface area contributed by atoms with E-state index in [1.807, 2.05) is 5.38 Å². The van der Waals surface area contributed by atoms with Crippen LogP contribution in [0.1, 0.15) is 154 Å². The van der Waals surface area contributed by atoms with Gasteiger partial charge in [0.2, 0.25) is 37.5 Å². The van der Waals surface area contributed by atoms with Crippen molar-refractivity contribution in [1.29, 1.82) is 0 Å². The number of cyclic esters (lactones) is 3. The van der Waals surface area contributed by atoms with Gasteiger partial charge in [0.15, 0.2) is 107 Å². The van der Waals surface area contributed by atoms with Crippen LogP contribution in [0.5, 0.6) is 86.2 Å². The zero-order valence-corrected chi connectivity index (χ0v) is 73.4. The lowest BCUT2D eigenvalue weighted by atomic mass is 9.66. The summed E-state index contributed by atoms with van der Waals surface area (Å²) in [5.41, 5.74) is 0.319. The molecular formula is C96H96O39S3. The van der Waals surface area contributed by atoms with Crippen LogP contribution in [0.3, 0.4) is 0 Å². The van der Waals surface area contributed by atoms with Crippen molar-refractivity contribution in [1.82, 2.24) is 0 Å². The summed E-state index contributed by atoms with van der Waals surface area (Å²) in [6, 6.07) is 25.1. The van der Waals surface area contributed by atoms with Gasteiger partial charge in [-0.05, 0) is 157 Å². The second-order valence-electron chi connectivity index (χ2n) is 33.7. The summed E-state index contributed by atoms with van der Waals surface area (Å²) in [6.45, 7) is -16.6. The molecule has 9 aromatic rings. The van der Waals surface area contributed by atoms with Crippen LogP contribution in [-0.2, 0) is 85.4 Å². The SMILES string of the molecule is [2H]C([2H])([2H])Oc1cc([C@@H]2c3cc4c(cc3[C@@H](O[C@@H]3O[C@@H]5CO[C@@H](c6cccs6)O[C@H]5[C@H](O)[C@H]3O)[C@@H]3[C@@H]2C(=O)OC3([2H])[2H])OC([2H])([2H])O4)cc(OC([2H])([2H])[2H])c1O.[2H]C([2H])([2H])Oc1cc([C@]2([2H])c3cc4c(cc3[C@@H](O[C@@H]3O[C@@H]5CO[C@@H](c6cccs6)O[C@H]5[C@H](O)[C@H]3O)[C@@H]3[C@@H]2C(=O)OC3([2H])[2H])OC([2H])([2H])O4)cc(OC([2H])([2H])[2H])c1O.[2H]C1([2H])Oc2cc3c(cc2O1)[C@@H](O[C@@H]1O[C@H]2[C@@H](O[C@H](c4cccs4)OC2([2H])[2H])[C@H](O)[C@H]1O)[C@H]1COC(=O)[C@@H]1[C@@H]3c1cc(OC)c(O)c(OC)c1. The molecule has 3 aromatic heterocycles. The highest BCUT2D eigenvalue weighted by molar-refractivity contribution is 7.10. The van der Waals surface area contributed by atoms with Crippen molar-refractivity contribution in [2.45, 2.75) is 147 Å². The summed E-state index contributed by atoms with van der Waals surface area (Å²) in [6.07, 6.45) is -29.8. The Morgan fingerprint density at radius 3 is 1.09 bits per heavy atom. The van der Waals surface area contributed by atoms with Gasteiger partial charge in [-0.3, -0.25) is 14.4 Å². The maximum absolute atomic E-state index is 13.9. The Morgan fingerprint density at radius 1 is 0.355 bits per heavy atom. The van der Waals surface area contributed by atoms with E-state index in [1.54, 1.807) is 59.3 Å². The van der Waals surface area contributed by atoms with Crippen molar-refractivity contribution < 1.29 is 223 Å². The molecule has 30 atom stereocenters. The monoisotopic (exact) mass is 1990 g/mol. The van der Waals surface area contributed by atoms with Crippen LogP contribution in [-0.4, -0.2) is 258 Å². The lowest BCUT2D eigenvalue weighted by molar-refractivity contribution is -0.368. The number of rotatable bonds is 18. The zero-order valence-electron chi connectivity index (χ0n) is 96.0. The van der Waals surface area contributed by atoms with Crippen LogP contribution in [0.15, 0.2) is 125 Å². The number of methoxy groups -OCH3 is 6. The molecule has 9 fully saturated rings. The molecule has 138 heavy (non-hydrogen) atoms. The first-order chi connectivity index (χ1) is 76.3. The number of aliphatic hydroxyl groups excluding tert-OH is 6. The van der Waals surface area contributed by atoms with E-state index in [4.69, 9.17) is 161 Å². The summed E-state index contributed by atoms with van der Waals surface area (Å²) in [7, 11) is -10.1. The van der Waals surface area contributed by atoms with Crippen LogP contribution in [0.2, 0.25) is 0 Å². The fraction of sp³-hybridized carbons (Fsp3) is 0.469. The van der Waals surface area contributed by atoms with Gasteiger partial charge in [0.25, 0.3) is 0 Å². The standard InChI is InChI=1S/3C32H32O13S/c3*1-37-19-6-13(7-20(38-2)25(19)33)23-14-8-17-18(42-12-41-17)9-15(14)28(16-10-39-30(36)24(16)23)44-32-27(35)26(34)29-21(43-32)11-40-31(45-29)22-4-3-5-46-22/h3*3-9,16,21,23-24,26-29,31-35H,10-12H2,1-2H3/t3*16-,21+,23+,24-,26+,27+,28+,29+,31+,32-/m000/s1/i1D3,2D3,10D2,12D2,23D;1D3,2D3,10D2,12D2;11D2,12D2. The van der Waals surface area contributed by atoms with Gasteiger partial charge in [-0.15, -0.1) is 34.0 Å². The molecule has 3 aliphatic carbocycles. The molecule has 6 aromatic carbocycles. The first kappa shape index (κ1) is 67.5. The first-order valence-electron chi connectivity index (χ1n) is 55.1. The van der Waals surface area contributed by atoms with Crippen molar-refractivity contribution >= 4 is 51.9 Å². The molecule has 9 saturated heterocycles. The highest BCUT2D eigenvalue weighted by Gasteiger charge is 2.62. The van der Waals surface area contributed by atoms with Gasteiger partial charge in [-0.2, -0.15) is 0 Å². The summed E-state index contributed by atoms with van der Waals surface area (Å²) < 4.78 is 354. The Hall–Kier alpha value is -10.9. The highest BCUT2D eigenvalue weighted by atomic mass is 32.1. The lowest BCUT2D eigenvalue weighted by Gasteiger charge is -2.48. The lowest BCUT2D eigenvalue weighted by Crippen LogP contribution is -2.62. The second kappa shape index (κ2) is 37.6. The molecule has 39 nitrogen and oxygen atoms in total. The van der Waals surface area contributed by atoms with E-state index >= 15 is 0 Å². The minimum atomic E-state index is -3.25. The number of carbonyl (C=O) groups is 3. The van der Waals surface area contributed by atoms with Crippen molar-refractivity contribution in [2.24, 2.45) is 35.5 Å². The van der Waals surface area contributed by atoms with Crippen molar-refractivity contribution in [3.8, 4) is 86.2 Å². The topological polar surface area (TPSA) is 482 Å². The summed E-state index contributed by atoms with van der Waals surface area (Å²) in [5, 5.41) is 106. The quantitative estimate of drug-likeness (QED) is 0.0288. The largest absolute Gasteiger partial charge is 0.502 e. The smallest absolute Gasteiger partial charge is 0.310 e. The average molecular weight is 2000 g/mol. The molecule has 24 rings (SSSR count). The Balaban J connectivity index is 0.000000136. The molecule has 0 spiro atoms. The van der Waals surface area contributed by atoms with E-state index in [0.717, 1.165) is 36.4 Å². The molecule has 732 valence electrons. The number of ether oxygens (including phenoxy) is 27. The van der Waals surface area contributed by atoms with Crippen molar-refractivity contribution in [2.75, 3.05) is 102 Å². The normalized spacial score (nSPS) is 40.1. The third kappa shape index (κ3) is 16.1. The van der Waals surface area contributed by atoms with E-state index in [2.05, 4.69) is 0 Å². The van der Waals surface area contributed by atoms with Gasteiger partial charge < -0.3 is 174 Å². The number of phenolic OH excluding ortho intramolecular Hbond substituents is 3. The van der Waals surface area contributed by atoms with E-state index in [-0.39, 0.29) is 99.4 Å². The predicted octanol–water partition coefficient (Wildman–Crippen LogP) is 8.26. The van der Waals surface area contributed by atoms with E-state index in [1.165, 1.54) is 72.5 Å². The molecular weight excluding hydrogens is 1870 g/mol. The molecule has 0 bridgehead atoms. The number of hydrogen-bond donors (Lipinski definition) is 9. The molecule has 15 aliphatic rings. The van der Waals surface area contributed by atoms with Gasteiger partial charge in [0.1, 0.15) is 81.5 Å². The minimum Gasteiger partial charge on any atom is -0.502 e. The van der Waals surface area contributed by atoms with Crippen molar-refractivity contribution in [3.05, 3.63) is 190 Å². The number of benzene rings is 6. The summed E-state index contributed by atoms with van der Waals surface area (Å²) in [4.78, 5) is 43.3. The van der Waals surface area contributed by atoms with Gasteiger partial charge in [-0.25, -0.2) is 0 Å². The molecule has 0 saturated carbocycles. The zero-order chi connectivity index (χ0) is 117. The van der Waals surface area contributed by atoms with E-state index in [0.29, 0.717) is 31.3 Å². The molecule has 42 heteroatoms. The molecule has 0 unspecified atom stereocenters. The van der Waals surface area contributed by atoms with Gasteiger partial charge in [-0.1, -0.05) is 18.2 Å². The van der Waals surface area contributed by atoms with Crippen LogP contribution < -0.4 is 56.8 Å². The molecule has 0 amide bonds. The maximum atomic E-state index is 13.9. The molecule has 0 radical (unpaired) electrons. The number of fused-ring (bicyclic) bond motifs is 12. The van der Waals surface area contributed by atoms with Crippen LogP contribution >= 0.6 is 34.0 Å². The number of aromatic hydroxyl groups is 3. The van der Waals surface area contributed by atoms with Gasteiger partial charge in [0, 0.05) is 36.9 Å².